The molecule has 0 spiro atoms. The van der Waals surface area contributed by atoms with Crippen molar-refractivity contribution in [3.63, 3.8) is 0 Å². The van der Waals surface area contributed by atoms with Gasteiger partial charge in [-0.15, -0.1) is 0 Å². The Balaban J connectivity index is 5.02. The molecular weight excluding hydrogens is 354 g/mol. The third-order valence-electron chi connectivity index (χ3n) is 3.51. The lowest BCUT2D eigenvalue weighted by atomic mass is 10.0. The molecule has 8 heteroatoms. The highest BCUT2D eigenvalue weighted by molar-refractivity contribution is 7.98. The SMILES string of the molecule is [B]C(CSC)O[C@H](CC)C(C)OP(OCC[N+]#[C-])N(C(C)C)C(C)C. The summed E-state index contributed by atoms with van der Waals surface area (Å²) in [5.41, 5.74) is 0. The van der Waals surface area contributed by atoms with Crippen LogP contribution in [0.15, 0.2) is 0 Å². The second-order valence-electron chi connectivity index (χ2n) is 6.41. The molecule has 2 radical (unpaired) electrons. The van der Waals surface area contributed by atoms with Crippen molar-refractivity contribution in [3.8, 4) is 0 Å². The molecule has 0 aromatic carbocycles. The topological polar surface area (TPSA) is 35.3 Å². The van der Waals surface area contributed by atoms with E-state index in [4.69, 9.17) is 28.2 Å². The maximum absolute atomic E-state index is 6.94. The second-order valence-corrected chi connectivity index (χ2v) is 8.72. The van der Waals surface area contributed by atoms with Crippen LogP contribution in [0.1, 0.15) is 48.0 Å². The summed E-state index contributed by atoms with van der Waals surface area (Å²) in [5, 5.41) is 0. The summed E-state index contributed by atoms with van der Waals surface area (Å²) in [7, 11) is 4.75. The molecule has 5 nitrogen and oxygen atoms in total. The largest absolute Gasteiger partial charge is 0.381 e. The fraction of sp³-hybridized carbons (Fsp3) is 0.941. The van der Waals surface area contributed by atoms with E-state index in [2.05, 4.69) is 44.1 Å². The van der Waals surface area contributed by atoms with E-state index in [-0.39, 0.29) is 30.3 Å². The molecule has 0 aromatic rings. The molecule has 0 amide bonds. The first-order valence-electron chi connectivity index (χ1n) is 8.89. The first-order chi connectivity index (χ1) is 11.8. The van der Waals surface area contributed by atoms with Crippen molar-refractivity contribution < 1.29 is 13.8 Å². The quantitative estimate of drug-likeness (QED) is 0.192. The van der Waals surface area contributed by atoms with Crippen molar-refractivity contribution in [2.45, 2.75) is 78.3 Å². The maximum Gasteiger partial charge on any atom is 0.259 e. The molecule has 0 rings (SSSR count). The molecule has 0 aromatic heterocycles. The standard InChI is InChI=1S/C17H34BN2O3PS/c1-9-16(22-17(18)12-25-8)15(6)23-24(21-11-10-19-7)20(13(2)3)14(4)5/h13-17H,9-12H2,1-6,8H3/t15?,16-,17?,24?/m1/s1. The van der Waals surface area contributed by atoms with Gasteiger partial charge in [0.1, 0.15) is 14.5 Å². The lowest BCUT2D eigenvalue weighted by Crippen LogP contribution is -2.38. The molecule has 0 aliphatic carbocycles. The van der Waals surface area contributed by atoms with Crippen LogP contribution in [0.2, 0.25) is 0 Å². The van der Waals surface area contributed by atoms with Gasteiger partial charge >= 0.3 is 0 Å². The first kappa shape index (κ1) is 25.2. The predicted molar refractivity (Wildman–Crippen MR) is 110 cm³/mol. The number of thioether (sulfide) groups is 1. The fourth-order valence-electron chi connectivity index (χ4n) is 2.47. The molecule has 0 heterocycles. The third kappa shape index (κ3) is 10.2. The Bertz CT molecular complexity index is 377. The van der Waals surface area contributed by atoms with E-state index in [1.807, 2.05) is 13.2 Å². The molecule has 0 fully saturated rings. The minimum absolute atomic E-state index is 0.0854. The van der Waals surface area contributed by atoms with Crippen LogP contribution in [0.25, 0.3) is 4.85 Å². The molecule has 0 saturated heterocycles. The third-order valence-corrected chi connectivity index (χ3v) is 6.39. The first-order valence-corrected chi connectivity index (χ1v) is 11.4. The van der Waals surface area contributed by atoms with Gasteiger partial charge in [-0.05, 0) is 47.3 Å². The molecule has 0 saturated carbocycles. The van der Waals surface area contributed by atoms with Crippen LogP contribution >= 0.6 is 20.3 Å². The number of rotatable bonds is 14. The van der Waals surface area contributed by atoms with Crippen LogP contribution in [-0.2, 0) is 13.8 Å². The normalized spacial score (nSPS) is 16.8. The van der Waals surface area contributed by atoms with Crippen molar-refractivity contribution in [1.82, 2.24) is 4.67 Å². The number of ether oxygens (including phenoxy) is 1. The van der Waals surface area contributed by atoms with E-state index in [1.54, 1.807) is 11.8 Å². The summed E-state index contributed by atoms with van der Waals surface area (Å²) in [6, 6.07) is 0.267. The van der Waals surface area contributed by atoms with E-state index in [0.717, 1.165) is 12.2 Å². The molecule has 0 aliphatic rings. The Morgan fingerprint density at radius 3 is 2.24 bits per heavy atom. The van der Waals surface area contributed by atoms with E-state index in [0.29, 0.717) is 13.2 Å². The van der Waals surface area contributed by atoms with Crippen LogP contribution in [-0.4, -0.2) is 68.0 Å². The lowest BCUT2D eigenvalue weighted by molar-refractivity contribution is -0.0334. The monoisotopic (exact) mass is 388 g/mol. The van der Waals surface area contributed by atoms with Crippen molar-refractivity contribution >= 4 is 28.1 Å². The summed E-state index contributed by atoms with van der Waals surface area (Å²) in [5.74, 6) is 0.754. The molecule has 144 valence electrons. The van der Waals surface area contributed by atoms with Crippen LogP contribution in [0.5, 0.6) is 0 Å². The van der Waals surface area contributed by atoms with Crippen LogP contribution < -0.4 is 0 Å². The van der Waals surface area contributed by atoms with Crippen molar-refractivity contribution in [1.29, 1.82) is 0 Å². The Hall–Kier alpha value is 0.175. The van der Waals surface area contributed by atoms with Crippen molar-refractivity contribution in [3.05, 3.63) is 11.4 Å². The molecular formula is C17H34BN2O3PS. The number of nitrogens with zero attached hydrogens (tertiary/aromatic N) is 2. The van der Waals surface area contributed by atoms with Gasteiger partial charge in [0.05, 0.1) is 12.2 Å². The second kappa shape index (κ2) is 14.3. The van der Waals surface area contributed by atoms with Gasteiger partial charge in [-0.25, -0.2) is 11.2 Å². The number of hydrogen-bond acceptors (Lipinski definition) is 5. The van der Waals surface area contributed by atoms with Crippen molar-refractivity contribution in [2.24, 2.45) is 0 Å². The van der Waals surface area contributed by atoms with E-state index in [9.17, 15) is 0 Å². The fourth-order valence-corrected chi connectivity index (χ4v) is 4.59. The highest BCUT2D eigenvalue weighted by Crippen LogP contribution is 2.47. The summed E-state index contributed by atoms with van der Waals surface area (Å²) < 4.78 is 20.4. The van der Waals surface area contributed by atoms with Gasteiger partial charge in [0.25, 0.3) is 8.53 Å². The number of hydrogen-bond donors (Lipinski definition) is 0. The van der Waals surface area contributed by atoms with Gasteiger partial charge in [-0.1, -0.05) is 6.92 Å². The van der Waals surface area contributed by atoms with Crippen LogP contribution in [0, 0.1) is 6.57 Å². The molecule has 0 N–H and O–H groups in total. The smallest absolute Gasteiger partial charge is 0.259 e. The van der Waals surface area contributed by atoms with Crippen molar-refractivity contribution in [2.75, 3.05) is 25.2 Å². The Morgan fingerprint density at radius 1 is 1.20 bits per heavy atom. The maximum atomic E-state index is 6.94. The average Bonchev–Trinajstić information content (AvgIpc) is 2.52. The van der Waals surface area contributed by atoms with Gasteiger partial charge in [0, 0.05) is 23.8 Å². The van der Waals surface area contributed by atoms with Gasteiger partial charge in [-0.3, -0.25) is 0 Å². The molecule has 0 bridgehead atoms. The molecule has 3 unspecified atom stereocenters. The highest BCUT2D eigenvalue weighted by atomic mass is 32.2. The summed E-state index contributed by atoms with van der Waals surface area (Å²) >= 11 is 1.67. The van der Waals surface area contributed by atoms with Gasteiger partial charge in [0.15, 0.2) is 0 Å². The minimum atomic E-state index is -1.26. The minimum Gasteiger partial charge on any atom is -0.381 e. The van der Waals surface area contributed by atoms with Crippen LogP contribution in [0.3, 0.4) is 0 Å². The van der Waals surface area contributed by atoms with E-state index in [1.165, 1.54) is 0 Å². The van der Waals surface area contributed by atoms with Crippen LogP contribution in [0.4, 0.5) is 0 Å². The molecule has 25 heavy (non-hydrogen) atoms. The summed E-state index contributed by atoms with van der Waals surface area (Å²) in [6.07, 6.45) is 2.60. The van der Waals surface area contributed by atoms with Gasteiger partial charge in [-0.2, -0.15) is 11.8 Å². The van der Waals surface area contributed by atoms with Gasteiger partial charge in [0.2, 0.25) is 6.54 Å². The summed E-state index contributed by atoms with van der Waals surface area (Å²) in [6.45, 7) is 20.2. The Morgan fingerprint density at radius 2 is 1.80 bits per heavy atom. The van der Waals surface area contributed by atoms with Gasteiger partial charge < -0.3 is 18.6 Å². The highest BCUT2D eigenvalue weighted by Gasteiger charge is 2.31. The summed E-state index contributed by atoms with van der Waals surface area (Å²) in [4.78, 5) is 3.36. The average molecular weight is 388 g/mol. The lowest BCUT2D eigenvalue weighted by Gasteiger charge is -2.38. The zero-order valence-corrected chi connectivity index (χ0v) is 18.5. The van der Waals surface area contributed by atoms with E-state index < -0.39 is 8.53 Å². The Kier molecular flexibility index (Phi) is 14.4. The molecule has 0 aliphatic heterocycles. The van der Waals surface area contributed by atoms with E-state index >= 15 is 0 Å². The Labute approximate surface area is 161 Å². The zero-order chi connectivity index (χ0) is 19.4. The predicted octanol–water partition coefficient (Wildman–Crippen LogP) is 4.33. The zero-order valence-electron chi connectivity index (χ0n) is 16.8. The molecule has 4 atom stereocenters.